The van der Waals surface area contributed by atoms with Gasteiger partial charge in [-0.1, -0.05) is 6.92 Å². The van der Waals surface area contributed by atoms with Gasteiger partial charge in [0.2, 0.25) is 0 Å². The minimum atomic E-state index is -0.417. The molecular weight excluding hydrogens is 278 g/mol. The van der Waals surface area contributed by atoms with Crippen molar-refractivity contribution in [3.8, 4) is 5.75 Å². The summed E-state index contributed by atoms with van der Waals surface area (Å²) in [6.45, 7) is 2.01. The monoisotopic (exact) mass is 293 g/mol. The molecule has 0 amide bonds. The minimum Gasteiger partial charge on any atom is -0.496 e. The van der Waals surface area contributed by atoms with Gasteiger partial charge in [0, 0.05) is 11.6 Å². The highest BCUT2D eigenvalue weighted by Crippen LogP contribution is 2.33. The third-order valence-electron chi connectivity index (χ3n) is 2.89. The molecule has 0 aliphatic rings. The van der Waals surface area contributed by atoms with Gasteiger partial charge in [-0.15, -0.1) is 11.3 Å². The number of thiazole rings is 1. The van der Waals surface area contributed by atoms with Gasteiger partial charge in [-0.05, 0) is 18.6 Å². The first-order valence-electron chi connectivity index (χ1n) is 6.14. The second kappa shape index (κ2) is 6.33. The normalized spacial score (nSPS) is 11.9. The van der Waals surface area contributed by atoms with Crippen LogP contribution < -0.4 is 10.1 Å². The molecule has 20 heavy (non-hydrogen) atoms. The van der Waals surface area contributed by atoms with Crippen LogP contribution in [-0.2, 0) is 0 Å². The Morgan fingerprint density at radius 1 is 1.55 bits per heavy atom. The molecule has 1 atom stereocenters. The summed E-state index contributed by atoms with van der Waals surface area (Å²) in [5.41, 5.74) is 0.470. The molecular formula is C13H15N3O3S. The number of nitrogens with one attached hydrogen (secondary N) is 1. The van der Waals surface area contributed by atoms with Crippen LogP contribution in [0.3, 0.4) is 0 Å². The van der Waals surface area contributed by atoms with E-state index < -0.39 is 4.92 Å². The first-order valence-corrected chi connectivity index (χ1v) is 7.02. The van der Waals surface area contributed by atoms with Gasteiger partial charge in [-0.25, -0.2) is 4.98 Å². The van der Waals surface area contributed by atoms with E-state index in [9.17, 15) is 10.1 Å². The Morgan fingerprint density at radius 3 is 2.90 bits per heavy atom. The SMILES string of the molecule is CCC(Nc1ccc(OC)cc1[N+](=O)[O-])c1nccs1. The summed E-state index contributed by atoms with van der Waals surface area (Å²) in [4.78, 5) is 15.0. The zero-order valence-corrected chi connectivity index (χ0v) is 12.0. The molecule has 1 heterocycles. The summed E-state index contributed by atoms with van der Waals surface area (Å²) in [7, 11) is 1.48. The second-order valence-corrected chi connectivity index (χ2v) is 5.04. The number of benzene rings is 1. The molecule has 1 N–H and O–H groups in total. The summed E-state index contributed by atoms with van der Waals surface area (Å²) in [5, 5.41) is 17.1. The molecule has 2 rings (SSSR count). The van der Waals surface area contributed by atoms with Crippen LogP contribution in [0.1, 0.15) is 24.4 Å². The van der Waals surface area contributed by atoms with Crippen LogP contribution in [-0.4, -0.2) is 17.0 Å². The molecule has 0 radical (unpaired) electrons. The van der Waals surface area contributed by atoms with Crippen molar-refractivity contribution in [3.63, 3.8) is 0 Å². The Kier molecular flexibility index (Phi) is 4.52. The lowest BCUT2D eigenvalue weighted by molar-refractivity contribution is -0.384. The van der Waals surface area contributed by atoms with Crippen molar-refractivity contribution in [1.82, 2.24) is 4.98 Å². The standard InChI is InChI=1S/C13H15N3O3S/c1-3-10(13-14-6-7-20-13)15-11-5-4-9(19-2)8-12(11)16(17)18/h4-8,10,15H,3H2,1-2H3. The fraction of sp³-hybridized carbons (Fsp3) is 0.308. The molecule has 1 unspecified atom stereocenters. The number of anilines is 1. The zero-order chi connectivity index (χ0) is 14.5. The Bertz CT molecular complexity index is 587. The molecule has 0 fully saturated rings. The van der Waals surface area contributed by atoms with Gasteiger partial charge < -0.3 is 10.1 Å². The molecule has 0 aliphatic heterocycles. The highest BCUT2D eigenvalue weighted by Gasteiger charge is 2.19. The molecule has 1 aromatic carbocycles. The molecule has 0 saturated carbocycles. The van der Waals surface area contributed by atoms with Crippen molar-refractivity contribution >= 4 is 22.7 Å². The minimum absolute atomic E-state index is 0.000596. The largest absolute Gasteiger partial charge is 0.496 e. The van der Waals surface area contributed by atoms with Crippen molar-refractivity contribution in [2.45, 2.75) is 19.4 Å². The molecule has 0 aliphatic carbocycles. The number of nitro groups is 1. The Balaban J connectivity index is 2.30. The first-order chi connectivity index (χ1) is 9.65. The molecule has 7 heteroatoms. The Hall–Kier alpha value is -2.15. The summed E-state index contributed by atoms with van der Waals surface area (Å²) < 4.78 is 5.02. The number of rotatable bonds is 6. The smallest absolute Gasteiger partial charge is 0.296 e. The summed E-state index contributed by atoms with van der Waals surface area (Å²) in [6.07, 6.45) is 2.52. The van der Waals surface area contributed by atoms with Crippen molar-refractivity contribution in [2.24, 2.45) is 0 Å². The predicted molar refractivity (Wildman–Crippen MR) is 78.4 cm³/mol. The first kappa shape index (κ1) is 14.3. The number of nitrogens with zero attached hydrogens (tertiary/aromatic N) is 2. The second-order valence-electron chi connectivity index (χ2n) is 4.12. The van der Waals surface area contributed by atoms with Gasteiger partial charge >= 0.3 is 0 Å². The molecule has 2 aromatic rings. The molecule has 1 aromatic heterocycles. The maximum Gasteiger partial charge on any atom is 0.296 e. The summed E-state index contributed by atoms with van der Waals surface area (Å²) in [5.74, 6) is 0.463. The Labute approximate surface area is 120 Å². The van der Waals surface area contributed by atoms with Gasteiger partial charge in [-0.3, -0.25) is 10.1 Å². The molecule has 0 spiro atoms. The van der Waals surface area contributed by atoms with E-state index in [1.807, 2.05) is 12.3 Å². The van der Waals surface area contributed by atoms with E-state index >= 15 is 0 Å². The summed E-state index contributed by atoms with van der Waals surface area (Å²) >= 11 is 1.53. The average molecular weight is 293 g/mol. The van der Waals surface area contributed by atoms with E-state index in [1.54, 1.807) is 18.3 Å². The topological polar surface area (TPSA) is 77.3 Å². The van der Waals surface area contributed by atoms with Gasteiger partial charge in [-0.2, -0.15) is 0 Å². The van der Waals surface area contributed by atoms with Crippen LogP contribution in [0.4, 0.5) is 11.4 Å². The fourth-order valence-electron chi connectivity index (χ4n) is 1.84. The van der Waals surface area contributed by atoms with Crippen LogP contribution in [0, 0.1) is 10.1 Å². The molecule has 106 valence electrons. The van der Waals surface area contributed by atoms with Crippen LogP contribution in [0.25, 0.3) is 0 Å². The van der Waals surface area contributed by atoms with E-state index in [0.717, 1.165) is 11.4 Å². The van der Waals surface area contributed by atoms with Gasteiger partial charge in [0.05, 0.1) is 24.1 Å². The fourth-order valence-corrected chi connectivity index (χ4v) is 2.62. The molecule has 6 nitrogen and oxygen atoms in total. The number of aromatic nitrogens is 1. The Morgan fingerprint density at radius 2 is 2.35 bits per heavy atom. The van der Waals surface area contributed by atoms with Crippen molar-refractivity contribution in [3.05, 3.63) is 44.9 Å². The van der Waals surface area contributed by atoms with Crippen LogP contribution in [0.5, 0.6) is 5.75 Å². The van der Waals surface area contributed by atoms with E-state index in [4.69, 9.17) is 4.74 Å². The number of ether oxygens (including phenoxy) is 1. The van der Waals surface area contributed by atoms with E-state index in [1.165, 1.54) is 24.5 Å². The number of hydrogen-bond donors (Lipinski definition) is 1. The predicted octanol–water partition coefficient (Wildman–Crippen LogP) is 3.62. The number of nitro benzene ring substituents is 1. The lowest BCUT2D eigenvalue weighted by Gasteiger charge is -2.16. The van der Waals surface area contributed by atoms with Crippen molar-refractivity contribution < 1.29 is 9.66 Å². The molecule has 0 bridgehead atoms. The van der Waals surface area contributed by atoms with Crippen LogP contribution >= 0.6 is 11.3 Å². The highest BCUT2D eigenvalue weighted by atomic mass is 32.1. The average Bonchev–Trinajstić information content (AvgIpc) is 2.98. The van der Waals surface area contributed by atoms with E-state index in [-0.39, 0.29) is 11.7 Å². The molecule has 0 saturated heterocycles. The quantitative estimate of drug-likeness (QED) is 0.650. The maximum absolute atomic E-state index is 11.1. The summed E-state index contributed by atoms with van der Waals surface area (Å²) in [6, 6.07) is 4.73. The lowest BCUT2D eigenvalue weighted by atomic mass is 10.2. The zero-order valence-electron chi connectivity index (χ0n) is 11.2. The van der Waals surface area contributed by atoms with E-state index in [0.29, 0.717) is 11.4 Å². The van der Waals surface area contributed by atoms with Crippen molar-refractivity contribution in [2.75, 3.05) is 12.4 Å². The number of methoxy groups -OCH3 is 1. The van der Waals surface area contributed by atoms with Gasteiger partial charge in [0.25, 0.3) is 5.69 Å². The highest BCUT2D eigenvalue weighted by molar-refractivity contribution is 7.09. The van der Waals surface area contributed by atoms with Crippen molar-refractivity contribution in [1.29, 1.82) is 0 Å². The van der Waals surface area contributed by atoms with Gasteiger partial charge in [0.15, 0.2) is 0 Å². The third kappa shape index (κ3) is 3.05. The maximum atomic E-state index is 11.1. The van der Waals surface area contributed by atoms with Gasteiger partial charge in [0.1, 0.15) is 16.4 Å². The number of hydrogen-bond acceptors (Lipinski definition) is 6. The lowest BCUT2D eigenvalue weighted by Crippen LogP contribution is -2.10. The van der Waals surface area contributed by atoms with Crippen LogP contribution in [0.2, 0.25) is 0 Å². The third-order valence-corrected chi connectivity index (χ3v) is 3.78. The van der Waals surface area contributed by atoms with Crippen LogP contribution in [0.15, 0.2) is 29.8 Å². The van der Waals surface area contributed by atoms with E-state index in [2.05, 4.69) is 10.3 Å².